The summed E-state index contributed by atoms with van der Waals surface area (Å²) in [5, 5.41) is 0. The van der Waals surface area contributed by atoms with Crippen LogP contribution in [0.4, 0.5) is 11.4 Å². The van der Waals surface area contributed by atoms with Crippen molar-refractivity contribution in [3.8, 4) is 5.75 Å². The highest BCUT2D eigenvalue weighted by atomic mass is 79.9. The van der Waals surface area contributed by atoms with E-state index in [9.17, 15) is 4.79 Å². The van der Waals surface area contributed by atoms with Crippen LogP contribution in [0.2, 0.25) is 0 Å². The van der Waals surface area contributed by atoms with Crippen LogP contribution in [0.3, 0.4) is 0 Å². The second-order valence-electron chi connectivity index (χ2n) is 6.08. The maximum atomic E-state index is 12.8. The first-order valence-corrected chi connectivity index (χ1v) is 8.84. The van der Waals surface area contributed by atoms with E-state index in [1.807, 2.05) is 38.1 Å². The number of hydrogen-bond acceptors (Lipinski definition) is 4. The third-order valence-electron chi connectivity index (χ3n) is 4.04. The van der Waals surface area contributed by atoms with Gasteiger partial charge in [-0.05, 0) is 65.2 Å². The van der Waals surface area contributed by atoms with Gasteiger partial charge in [-0.15, -0.1) is 0 Å². The van der Waals surface area contributed by atoms with Crippen LogP contribution in [-0.2, 0) is 4.79 Å². The van der Waals surface area contributed by atoms with E-state index in [-0.39, 0.29) is 12.5 Å². The van der Waals surface area contributed by atoms with Gasteiger partial charge in [0.2, 0.25) is 0 Å². The van der Waals surface area contributed by atoms with E-state index in [2.05, 4.69) is 20.9 Å². The largest absolute Gasteiger partial charge is 0.482 e. The van der Waals surface area contributed by atoms with Crippen molar-refractivity contribution >= 4 is 39.4 Å². The van der Waals surface area contributed by atoms with Gasteiger partial charge in [0.15, 0.2) is 6.61 Å². The van der Waals surface area contributed by atoms with E-state index < -0.39 is 0 Å². The smallest absolute Gasteiger partial charge is 0.264 e. The molecule has 1 aliphatic rings. The minimum atomic E-state index is -0.108. The van der Waals surface area contributed by atoms with Gasteiger partial charge >= 0.3 is 0 Å². The van der Waals surface area contributed by atoms with Gasteiger partial charge in [0.05, 0.1) is 16.7 Å². The second-order valence-corrected chi connectivity index (χ2v) is 6.93. The molecular formula is C19H20BrN3O2. The molecule has 0 atom stereocenters. The van der Waals surface area contributed by atoms with Crippen LogP contribution in [0.15, 0.2) is 39.8 Å². The standard InChI is InChI=1S/C19H20BrN3O2/c1-12-7-13(2)19(16(20)8-12)25-11-18(24)23-6-5-22-10-14-9-15(21)3-4-17(14)23/h3-4,7-10H,5-6,11,21H2,1-2H3. The van der Waals surface area contributed by atoms with Crippen LogP contribution in [0, 0.1) is 13.8 Å². The summed E-state index contributed by atoms with van der Waals surface area (Å²) in [7, 11) is 0. The minimum absolute atomic E-state index is 0.0354. The zero-order valence-corrected chi connectivity index (χ0v) is 15.8. The Morgan fingerprint density at radius 3 is 2.88 bits per heavy atom. The molecule has 1 amide bonds. The number of fused-ring (bicyclic) bond motifs is 1. The maximum absolute atomic E-state index is 12.8. The molecule has 3 rings (SSSR count). The summed E-state index contributed by atoms with van der Waals surface area (Å²) in [6.07, 6.45) is 1.76. The summed E-state index contributed by atoms with van der Waals surface area (Å²) in [5.74, 6) is 0.589. The Morgan fingerprint density at radius 2 is 2.12 bits per heavy atom. The molecule has 25 heavy (non-hydrogen) atoms. The van der Waals surface area contributed by atoms with E-state index in [1.54, 1.807) is 17.2 Å². The van der Waals surface area contributed by atoms with Crippen LogP contribution in [-0.4, -0.2) is 31.8 Å². The molecule has 1 heterocycles. The number of rotatable bonds is 3. The van der Waals surface area contributed by atoms with Crippen molar-refractivity contribution in [2.45, 2.75) is 13.8 Å². The number of benzene rings is 2. The Labute approximate surface area is 155 Å². The van der Waals surface area contributed by atoms with Crippen molar-refractivity contribution < 1.29 is 9.53 Å². The Hall–Kier alpha value is -2.34. The molecule has 2 N–H and O–H groups in total. The molecule has 0 fully saturated rings. The van der Waals surface area contributed by atoms with Gasteiger partial charge in [-0.1, -0.05) is 6.07 Å². The molecule has 130 valence electrons. The lowest BCUT2D eigenvalue weighted by Gasteiger charge is -2.23. The Balaban J connectivity index is 1.79. The predicted octanol–water partition coefficient (Wildman–Crippen LogP) is 3.49. The molecule has 0 saturated heterocycles. The summed E-state index contributed by atoms with van der Waals surface area (Å²) in [5.41, 5.74) is 10.3. The quantitative estimate of drug-likeness (QED) is 0.800. The van der Waals surface area contributed by atoms with Crippen molar-refractivity contribution in [2.75, 3.05) is 30.3 Å². The van der Waals surface area contributed by atoms with E-state index >= 15 is 0 Å². The fraction of sp³-hybridized carbons (Fsp3) is 0.263. The lowest BCUT2D eigenvalue weighted by Crippen LogP contribution is -2.37. The second kappa shape index (κ2) is 7.27. The highest BCUT2D eigenvalue weighted by Gasteiger charge is 2.21. The number of hydrogen-bond donors (Lipinski definition) is 1. The van der Waals surface area contributed by atoms with Gasteiger partial charge in [0, 0.05) is 24.0 Å². The average Bonchev–Trinajstić information content (AvgIpc) is 2.75. The summed E-state index contributed by atoms with van der Waals surface area (Å²) in [6, 6.07) is 9.48. The molecule has 1 aliphatic heterocycles. The lowest BCUT2D eigenvalue weighted by molar-refractivity contribution is -0.120. The number of amides is 1. The number of carbonyl (C=O) groups is 1. The summed E-state index contributed by atoms with van der Waals surface area (Å²) >= 11 is 3.51. The van der Waals surface area contributed by atoms with Crippen molar-refractivity contribution in [2.24, 2.45) is 4.99 Å². The monoisotopic (exact) mass is 401 g/mol. The zero-order chi connectivity index (χ0) is 18.0. The molecule has 0 spiro atoms. The normalized spacial score (nSPS) is 13.3. The first-order valence-electron chi connectivity index (χ1n) is 8.05. The molecule has 0 aromatic heterocycles. The van der Waals surface area contributed by atoms with Crippen LogP contribution in [0.5, 0.6) is 5.75 Å². The number of aliphatic imine (C=N–C) groups is 1. The topological polar surface area (TPSA) is 67.9 Å². The van der Waals surface area contributed by atoms with Gasteiger partial charge in [-0.2, -0.15) is 0 Å². The molecular weight excluding hydrogens is 382 g/mol. The number of aryl methyl sites for hydroxylation is 2. The number of nitrogens with two attached hydrogens (primary N) is 1. The molecule has 0 saturated carbocycles. The number of nitrogen functional groups attached to an aromatic ring is 1. The van der Waals surface area contributed by atoms with Gasteiger partial charge in [-0.3, -0.25) is 9.79 Å². The molecule has 6 heteroatoms. The van der Waals surface area contributed by atoms with Gasteiger partial charge in [0.25, 0.3) is 5.91 Å². The fourth-order valence-corrected chi connectivity index (χ4v) is 3.71. The Morgan fingerprint density at radius 1 is 1.32 bits per heavy atom. The summed E-state index contributed by atoms with van der Waals surface area (Å²) in [4.78, 5) is 18.8. The molecule has 0 unspecified atom stereocenters. The number of halogens is 1. The van der Waals surface area contributed by atoms with Crippen LogP contribution < -0.4 is 15.4 Å². The first-order chi connectivity index (χ1) is 12.0. The van der Waals surface area contributed by atoms with E-state index in [0.29, 0.717) is 24.5 Å². The predicted molar refractivity (Wildman–Crippen MR) is 105 cm³/mol. The van der Waals surface area contributed by atoms with Crippen molar-refractivity contribution in [1.29, 1.82) is 0 Å². The Kier molecular flexibility index (Phi) is 5.08. The number of nitrogens with zero attached hydrogens (tertiary/aromatic N) is 2. The third-order valence-corrected chi connectivity index (χ3v) is 4.63. The van der Waals surface area contributed by atoms with E-state index in [4.69, 9.17) is 10.5 Å². The molecule has 2 aromatic rings. The molecule has 0 radical (unpaired) electrons. The third kappa shape index (κ3) is 3.85. The van der Waals surface area contributed by atoms with E-state index in [0.717, 1.165) is 26.9 Å². The SMILES string of the molecule is Cc1cc(C)c(OCC(=O)N2CCN=Cc3cc(N)ccc32)c(Br)c1. The van der Waals surface area contributed by atoms with Gasteiger partial charge in [0.1, 0.15) is 5.75 Å². The van der Waals surface area contributed by atoms with Crippen molar-refractivity contribution in [3.05, 3.63) is 51.5 Å². The fourth-order valence-electron chi connectivity index (χ4n) is 2.92. The number of benzodiazepines with no additional fused rings is 1. The lowest BCUT2D eigenvalue weighted by atomic mass is 10.1. The van der Waals surface area contributed by atoms with Crippen LogP contribution >= 0.6 is 15.9 Å². The maximum Gasteiger partial charge on any atom is 0.264 e. The summed E-state index contributed by atoms with van der Waals surface area (Å²) < 4.78 is 6.67. The average molecular weight is 402 g/mol. The van der Waals surface area contributed by atoms with Gasteiger partial charge in [-0.25, -0.2) is 0 Å². The highest BCUT2D eigenvalue weighted by Crippen LogP contribution is 2.30. The van der Waals surface area contributed by atoms with Crippen molar-refractivity contribution in [1.82, 2.24) is 0 Å². The first kappa shape index (κ1) is 17.5. The Bertz CT molecular complexity index is 826. The molecule has 0 aliphatic carbocycles. The minimum Gasteiger partial charge on any atom is -0.482 e. The highest BCUT2D eigenvalue weighted by molar-refractivity contribution is 9.10. The molecule has 0 bridgehead atoms. The van der Waals surface area contributed by atoms with Crippen molar-refractivity contribution in [3.63, 3.8) is 0 Å². The summed E-state index contributed by atoms with van der Waals surface area (Å²) in [6.45, 7) is 5.02. The molecule has 2 aromatic carbocycles. The van der Waals surface area contributed by atoms with Crippen LogP contribution in [0.25, 0.3) is 0 Å². The molecule has 5 nitrogen and oxygen atoms in total. The number of anilines is 2. The number of carbonyl (C=O) groups excluding carboxylic acids is 1. The number of ether oxygens (including phenoxy) is 1. The van der Waals surface area contributed by atoms with Crippen LogP contribution in [0.1, 0.15) is 16.7 Å². The van der Waals surface area contributed by atoms with Gasteiger partial charge < -0.3 is 15.4 Å². The zero-order valence-electron chi connectivity index (χ0n) is 14.3. The van der Waals surface area contributed by atoms with E-state index in [1.165, 1.54) is 0 Å².